The maximum Gasteiger partial charge on any atom is 0.227 e. The Bertz CT molecular complexity index is 364. The molecule has 0 radical (unpaired) electrons. The first-order valence-corrected chi connectivity index (χ1v) is 8.09. The second kappa shape index (κ2) is 5.01. The molecule has 0 atom stereocenters. The lowest BCUT2D eigenvalue weighted by Gasteiger charge is -2.48. The first kappa shape index (κ1) is 15.8. The Morgan fingerprint density at radius 1 is 1.10 bits per heavy atom. The van der Waals surface area contributed by atoms with Crippen molar-refractivity contribution in [2.75, 3.05) is 6.54 Å². The lowest BCUT2D eigenvalue weighted by atomic mass is 9.61. The minimum Gasteiger partial charge on any atom is -0.353 e. The Morgan fingerprint density at radius 3 is 2.00 bits per heavy atom. The quantitative estimate of drug-likeness (QED) is 0.834. The molecule has 2 saturated carbocycles. The zero-order valence-electron chi connectivity index (χ0n) is 13.9. The van der Waals surface area contributed by atoms with Crippen LogP contribution in [0.1, 0.15) is 66.7 Å². The second-order valence-electron chi connectivity index (χ2n) is 9.08. The topological polar surface area (TPSA) is 55.1 Å². The average molecular weight is 280 g/mol. The van der Waals surface area contributed by atoms with E-state index in [0.717, 1.165) is 25.7 Å². The summed E-state index contributed by atoms with van der Waals surface area (Å²) in [5.74, 6) is 0.847. The number of nitrogens with one attached hydrogen (secondary N) is 1. The van der Waals surface area contributed by atoms with E-state index >= 15 is 0 Å². The molecule has 0 spiro atoms. The van der Waals surface area contributed by atoms with Gasteiger partial charge in [-0.1, -0.05) is 34.6 Å². The van der Waals surface area contributed by atoms with E-state index < -0.39 is 0 Å². The van der Waals surface area contributed by atoms with Crippen molar-refractivity contribution in [2.24, 2.45) is 27.9 Å². The van der Waals surface area contributed by atoms with Gasteiger partial charge in [0.15, 0.2) is 0 Å². The van der Waals surface area contributed by atoms with Crippen LogP contribution in [-0.4, -0.2) is 18.5 Å². The van der Waals surface area contributed by atoms with E-state index in [1.54, 1.807) is 0 Å². The van der Waals surface area contributed by atoms with Crippen LogP contribution in [0, 0.1) is 22.2 Å². The number of carbonyl (C=O) groups excluding carboxylic acids is 1. The Labute approximate surface area is 124 Å². The van der Waals surface area contributed by atoms with Crippen LogP contribution in [-0.2, 0) is 4.79 Å². The van der Waals surface area contributed by atoms with Gasteiger partial charge in [-0.3, -0.25) is 4.79 Å². The molecule has 116 valence electrons. The van der Waals surface area contributed by atoms with E-state index in [1.807, 2.05) is 0 Å². The van der Waals surface area contributed by atoms with Crippen LogP contribution in [0.2, 0.25) is 0 Å². The molecular formula is C17H32N2O. The number of nitrogens with two attached hydrogens (primary N) is 1. The molecule has 3 heteroatoms. The predicted molar refractivity (Wildman–Crippen MR) is 83.2 cm³/mol. The molecule has 0 bridgehead atoms. The van der Waals surface area contributed by atoms with Crippen LogP contribution >= 0.6 is 0 Å². The third kappa shape index (κ3) is 3.19. The Balaban J connectivity index is 2.01. The van der Waals surface area contributed by atoms with Gasteiger partial charge in [-0.2, -0.15) is 0 Å². The fourth-order valence-corrected chi connectivity index (χ4v) is 5.01. The van der Waals surface area contributed by atoms with Crippen molar-refractivity contribution in [3.05, 3.63) is 0 Å². The van der Waals surface area contributed by atoms with E-state index in [2.05, 4.69) is 39.9 Å². The van der Waals surface area contributed by atoms with Crippen LogP contribution in [0.4, 0.5) is 0 Å². The minimum atomic E-state index is -0.273. The van der Waals surface area contributed by atoms with Crippen LogP contribution in [0.5, 0.6) is 0 Å². The van der Waals surface area contributed by atoms with Gasteiger partial charge >= 0.3 is 0 Å². The van der Waals surface area contributed by atoms with Gasteiger partial charge in [0.1, 0.15) is 0 Å². The lowest BCUT2D eigenvalue weighted by molar-refractivity contribution is -0.139. The molecule has 0 aromatic carbocycles. The van der Waals surface area contributed by atoms with Crippen LogP contribution in [0.15, 0.2) is 0 Å². The van der Waals surface area contributed by atoms with Crippen molar-refractivity contribution in [3.8, 4) is 0 Å². The molecule has 0 aromatic heterocycles. The molecule has 1 amide bonds. The Morgan fingerprint density at radius 2 is 1.60 bits per heavy atom. The van der Waals surface area contributed by atoms with Gasteiger partial charge in [-0.15, -0.1) is 0 Å². The molecule has 0 unspecified atom stereocenters. The van der Waals surface area contributed by atoms with Gasteiger partial charge in [0.25, 0.3) is 0 Å². The maximum absolute atomic E-state index is 12.6. The largest absolute Gasteiger partial charge is 0.353 e. The third-order valence-corrected chi connectivity index (χ3v) is 5.24. The highest BCUT2D eigenvalue weighted by Crippen LogP contribution is 2.47. The maximum atomic E-state index is 12.6. The monoisotopic (exact) mass is 280 g/mol. The fraction of sp³-hybridized carbons (Fsp3) is 0.941. The summed E-state index contributed by atoms with van der Waals surface area (Å²) < 4.78 is 0. The van der Waals surface area contributed by atoms with E-state index in [9.17, 15) is 4.79 Å². The van der Waals surface area contributed by atoms with Crippen molar-refractivity contribution in [1.82, 2.24) is 5.32 Å². The Kier molecular flexibility index (Phi) is 3.96. The van der Waals surface area contributed by atoms with Gasteiger partial charge in [0, 0.05) is 12.6 Å². The molecule has 2 aliphatic carbocycles. The SMILES string of the molecule is CC1CC(CN)(C(=O)NC2CC(C)(C)CC(C)(C)C2)C1. The summed E-state index contributed by atoms with van der Waals surface area (Å²) in [7, 11) is 0. The van der Waals surface area contributed by atoms with Crippen LogP contribution in [0.25, 0.3) is 0 Å². The summed E-state index contributed by atoms with van der Waals surface area (Å²) in [6.45, 7) is 12.0. The standard InChI is InChI=1S/C17H32N2O/c1-12-6-17(7-12,11-18)14(20)19-13-8-15(2,3)10-16(4,5)9-13/h12-13H,6-11,18H2,1-5H3,(H,19,20). The van der Waals surface area contributed by atoms with Crippen LogP contribution in [0.3, 0.4) is 0 Å². The highest BCUT2D eigenvalue weighted by molar-refractivity contribution is 5.84. The number of carbonyl (C=O) groups is 1. The molecule has 0 saturated heterocycles. The molecule has 20 heavy (non-hydrogen) atoms. The summed E-state index contributed by atoms with van der Waals surface area (Å²) in [5, 5.41) is 3.33. The first-order chi connectivity index (χ1) is 9.07. The van der Waals surface area contributed by atoms with Gasteiger partial charge in [0.05, 0.1) is 5.41 Å². The summed E-state index contributed by atoms with van der Waals surface area (Å²) >= 11 is 0. The van der Waals surface area contributed by atoms with Crippen molar-refractivity contribution in [1.29, 1.82) is 0 Å². The molecule has 3 N–H and O–H groups in total. The Hall–Kier alpha value is -0.570. The summed E-state index contributed by atoms with van der Waals surface area (Å²) in [5.41, 5.74) is 6.23. The van der Waals surface area contributed by atoms with E-state index in [0.29, 0.717) is 29.3 Å². The van der Waals surface area contributed by atoms with Gasteiger partial charge in [-0.05, 0) is 48.9 Å². The number of hydrogen-bond acceptors (Lipinski definition) is 2. The number of rotatable bonds is 3. The van der Waals surface area contributed by atoms with Crippen molar-refractivity contribution in [2.45, 2.75) is 72.8 Å². The van der Waals surface area contributed by atoms with Gasteiger partial charge in [-0.25, -0.2) is 0 Å². The van der Waals surface area contributed by atoms with Gasteiger partial charge in [0.2, 0.25) is 5.91 Å². The summed E-state index contributed by atoms with van der Waals surface area (Å²) in [6, 6.07) is 0.306. The van der Waals surface area contributed by atoms with E-state index in [1.165, 1.54) is 6.42 Å². The molecule has 0 aromatic rings. The second-order valence-corrected chi connectivity index (χ2v) is 9.08. The zero-order valence-corrected chi connectivity index (χ0v) is 13.9. The fourth-order valence-electron chi connectivity index (χ4n) is 5.01. The normalized spacial score (nSPS) is 36.2. The van der Waals surface area contributed by atoms with Crippen LogP contribution < -0.4 is 11.1 Å². The molecule has 2 rings (SSSR count). The van der Waals surface area contributed by atoms with E-state index in [4.69, 9.17) is 5.73 Å². The summed E-state index contributed by atoms with van der Waals surface area (Å²) in [6.07, 6.45) is 5.30. The van der Waals surface area contributed by atoms with Crippen molar-refractivity contribution < 1.29 is 4.79 Å². The average Bonchev–Trinajstić information content (AvgIpc) is 2.19. The predicted octanol–water partition coefficient (Wildman–Crippen LogP) is 3.08. The molecule has 0 heterocycles. The van der Waals surface area contributed by atoms with Crippen molar-refractivity contribution >= 4 is 5.91 Å². The molecule has 0 aliphatic heterocycles. The summed E-state index contributed by atoms with van der Waals surface area (Å²) in [4.78, 5) is 12.6. The smallest absolute Gasteiger partial charge is 0.227 e. The van der Waals surface area contributed by atoms with Crippen molar-refractivity contribution in [3.63, 3.8) is 0 Å². The number of hydrogen-bond donors (Lipinski definition) is 2. The zero-order chi connectivity index (χ0) is 15.2. The van der Waals surface area contributed by atoms with E-state index in [-0.39, 0.29) is 11.3 Å². The number of amides is 1. The molecule has 2 fully saturated rings. The third-order valence-electron chi connectivity index (χ3n) is 5.24. The van der Waals surface area contributed by atoms with Gasteiger partial charge < -0.3 is 11.1 Å². The minimum absolute atomic E-state index is 0.205. The highest BCUT2D eigenvalue weighted by atomic mass is 16.2. The first-order valence-electron chi connectivity index (χ1n) is 8.09. The highest BCUT2D eigenvalue weighted by Gasteiger charge is 2.48. The molecular weight excluding hydrogens is 248 g/mol. The molecule has 3 nitrogen and oxygen atoms in total. The molecule has 2 aliphatic rings. The lowest BCUT2D eigenvalue weighted by Crippen LogP contribution is -2.57.